The van der Waals surface area contributed by atoms with Crippen LogP contribution in [0.2, 0.25) is 0 Å². The highest BCUT2D eigenvalue weighted by Gasteiger charge is 2.34. The van der Waals surface area contributed by atoms with Crippen molar-refractivity contribution in [2.75, 3.05) is 39.3 Å². The third-order valence-corrected chi connectivity index (χ3v) is 6.75. The molecular weight excluding hydrogens is 350 g/mol. The molecule has 1 unspecified atom stereocenters. The predicted octanol–water partition coefficient (Wildman–Crippen LogP) is 2.55. The van der Waals surface area contributed by atoms with Crippen molar-refractivity contribution >= 4 is 11.8 Å². The highest BCUT2D eigenvalue weighted by Crippen LogP contribution is 2.26. The molecule has 0 saturated carbocycles. The van der Waals surface area contributed by atoms with E-state index in [1.165, 1.54) is 0 Å². The summed E-state index contributed by atoms with van der Waals surface area (Å²) in [6.07, 6.45) is 7.06. The lowest BCUT2D eigenvalue weighted by Crippen LogP contribution is -2.52. The van der Waals surface area contributed by atoms with Gasteiger partial charge in [0.2, 0.25) is 11.8 Å². The third-order valence-electron chi connectivity index (χ3n) is 6.75. The number of rotatable bonds is 4. The first-order valence-corrected chi connectivity index (χ1v) is 11.1. The van der Waals surface area contributed by atoms with E-state index in [9.17, 15) is 9.59 Å². The van der Waals surface area contributed by atoms with Crippen molar-refractivity contribution in [2.24, 2.45) is 5.92 Å². The summed E-state index contributed by atoms with van der Waals surface area (Å²) in [5.74, 6) is 0.813. The molecule has 5 heteroatoms. The van der Waals surface area contributed by atoms with Gasteiger partial charge in [-0.15, -0.1) is 0 Å². The second-order valence-electron chi connectivity index (χ2n) is 8.64. The number of hydrogen-bond donors (Lipinski definition) is 0. The van der Waals surface area contributed by atoms with E-state index in [-0.39, 0.29) is 11.8 Å². The molecular formula is C23H33N3O2. The number of likely N-dealkylation sites (tertiary alicyclic amines) is 3. The Morgan fingerprint density at radius 1 is 0.821 bits per heavy atom. The first-order valence-electron chi connectivity index (χ1n) is 11.1. The lowest BCUT2D eigenvalue weighted by Gasteiger charge is -2.42. The van der Waals surface area contributed by atoms with E-state index in [1.807, 2.05) is 35.2 Å². The summed E-state index contributed by atoms with van der Waals surface area (Å²) >= 11 is 0. The Hall–Kier alpha value is -1.88. The molecule has 0 aromatic heterocycles. The van der Waals surface area contributed by atoms with Gasteiger partial charge in [-0.3, -0.25) is 14.5 Å². The van der Waals surface area contributed by atoms with Crippen LogP contribution in [0.15, 0.2) is 30.3 Å². The Morgan fingerprint density at radius 2 is 1.54 bits per heavy atom. The van der Waals surface area contributed by atoms with Crippen LogP contribution < -0.4 is 0 Å². The van der Waals surface area contributed by atoms with E-state index >= 15 is 0 Å². The summed E-state index contributed by atoms with van der Waals surface area (Å²) in [6.45, 7) is 5.62. The van der Waals surface area contributed by atoms with Gasteiger partial charge in [0.05, 0.1) is 12.3 Å². The Balaban J connectivity index is 1.26. The van der Waals surface area contributed by atoms with Crippen molar-refractivity contribution in [2.45, 2.75) is 51.0 Å². The number of carbonyl (C=O) groups excluding carboxylic acids is 2. The number of benzene rings is 1. The molecule has 152 valence electrons. The highest BCUT2D eigenvalue weighted by molar-refractivity contribution is 5.79. The standard InChI is InChI=1S/C23H33N3O2/c27-22(17-19-7-2-1-3-8-19)24-15-10-21(11-16-24)26-14-6-9-20(18-26)23(28)25-12-4-5-13-25/h1-3,7-8,20-21H,4-6,9-18H2. The first kappa shape index (κ1) is 19.4. The number of amides is 2. The van der Waals surface area contributed by atoms with Crippen LogP contribution in [-0.4, -0.2) is 71.8 Å². The average molecular weight is 384 g/mol. The van der Waals surface area contributed by atoms with Crippen molar-refractivity contribution in [3.8, 4) is 0 Å². The summed E-state index contributed by atoms with van der Waals surface area (Å²) in [5, 5.41) is 0. The zero-order valence-electron chi connectivity index (χ0n) is 16.9. The highest BCUT2D eigenvalue weighted by atomic mass is 16.2. The van der Waals surface area contributed by atoms with Gasteiger partial charge >= 0.3 is 0 Å². The van der Waals surface area contributed by atoms with Crippen molar-refractivity contribution in [3.05, 3.63) is 35.9 Å². The normalized spacial score (nSPS) is 24.5. The minimum absolute atomic E-state index is 0.185. The van der Waals surface area contributed by atoms with Gasteiger partial charge in [-0.05, 0) is 50.6 Å². The molecule has 4 rings (SSSR count). The second-order valence-corrected chi connectivity index (χ2v) is 8.64. The van der Waals surface area contributed by atoms with Crippen LogP contribution in [0.25, 0.3) is 0 Å². The molecule has 3 fully saturated rings. The molecule has 0 N–H and O–H groups in total. The van der Waals surface area contributed by atoms with Crippen molar-refractivity contribution in [3.63, 3.8) is 0 Å². The van der Waals surface area contributed by atoms with Gasteiger partial charge in [-0.1, -0.05) is 30.3 Å². The number of piperidine rings is 2. The molecule has 3 saturated heterocycles. The lowest BCUT2D eigenvalue weighted by atomic mass is 9.92. The van der Waals surface area contributed by atoms with Crippen LogP contribution in [-0.2, 0) is 16.0 Å². The van der Waals surface area contributed by atoms with Crippen LogP contribution in [0.1, 0.15) is 44.1 Å². The van der Waals surface area contributed by atoms with Gasteiger partial charge in [-0.2, -0.15) is 0 Å². The fourth-order valence-electron chi connectivity index (χ4n) is 5.10. The first-order chi connectivity index (χ1) is 13.7. The molecule has 28 heavy (non-hydrogen) atoms. The van der Waals surface area contributed by atoms with Crippen molar-refractivity contribution in [1.29, 1.82) is 0 Å². The summed E-state index contributed by atoms with van der Waals surface area (Å²) in [4.78, 5) is 32.0. The van der Waals surface area contributed by atoms with Crippen molar-refractivity contribution in [1.82, 2.24) is 14.7 Å². The topological polar surface area (TPSA) is 43.9 Å². The third kappa shape index (κ3) is 4.57. The largest absolute Gasteiger partial charge is 0.342 e. The van der Waals surface area contributed by atoms with Gasteiger partial charge in [-0.25, -0.2) is 0 Å². The molecule has 5 nitrogen and oxygen atoms in total. The van der Waals surface area contributed by atoms with E-state index in [0.717, 1.165) is 83.4 Å². The molecule has 0 spiro atoms. The predicted molar refractivity (Wildman–Crippen MR) is 110 cm³/mol. The molecule has 3 aliphatic rings. The molecule has 0 radical (unpaired) electrons. The number of carbonyl (C=O) groups is 2. The van der Waals surface area contributed by atoms with Gasteiger partial charge in [0, 0.05) is 38.8 Å². The van der Waals surface area contributed by atoms with E-state index in [4.69, 9.17) is 0 Å². The maximum absolute atomic E-state index is 12.8. The zero-order valence-corrected chi connectivity index (χ0v) is 16.9. The minimum Gasteiger partial charge on any atom is -0.342 e. The smallest absolute Gasteiger partial charge is 0.226 e. The zero-order chi connectivity index (χ0) is 19.3. The minimum atomic E-state index is 0.185. The molecule has 2 amide bonds. The Labute approximate surface area is 168 Å². The quantitative estimate of drug-likeness (QED) is 0.803. The fraction of sp³-hybridized carbons (Fsp3) is 0.652. The van der Waals surface area contributed by atoms with E-state index < -0.39 is 0 Å². The Kier molecular flexibility index (Phi) is 6.30. The molecule has 0 aliphatic carbocycles. The molecule has 1 atom stereocenters. The van der Waals surface area contributed by atoms with Gasteiger partial charge in [0.25, 0.3) is 0 Å². The monoisotopic (exact) mass is 383 g/mol. The molecule has 0 bridgehead atoms. The van der Waals surface area contributed by atoms with Crippen LogP contribution in [0.3, 0.4) is 0 Å². The summed E-state index contributed by atoms with van der Waals surface area (Å²) in [6, 6.07) is 10.5. The molecule has 3 heterocycles. The van der Waals surface area contributed by atoms with Crippen LogP contribution in [0, 0.1) is 5.92 Å². The number of nitrogens with zero attached hydrogens (tertiary/aromatic N) is 3. The Morgan fingerprint density at radius 3 is 2.25 bits per heavy atom. The van der Waals surface area contributed by atoms with Crippen LogP contribution in [0.4, 0.5) is 0 Å². The molecule has 1 aromatic carbocycles. The second kappa shape index (κ2) is 9.08. The summed E-state index contributed by atoms with van der Waals surface area (Å²) < 4.78 is 0. The van der Waals surface area contributed by atoms with Crippen LogP contribution >= 0.6 is 0 Å². The number of hydrogen-bond acceptors (Lipinski definition) is 3. The maximum Gasteiger partial charge on any atom is 0.226 e. The summed E-state index contributed by atoms with van der Waals surface area (Å²) in [5.41, 5.74) is 1.09. The van der Waals surface area contributed by atoms with Gasteiger partial charge < -0.3 is 9.80 Å². The van der Waals surface area contributed by atoms with E-state index in [0.29, 0.717) is 18.4 Å². The maximum atomic E-state index is 12.8. The van der Waals surface area contributed by atoms with E-state index in [2.05, 4.69) is 9.80 Å². The van der Waals surface area contributed by atoms with Crippen molar-refractivity contribution < 1.29 is 9.59 Å². The van der Waals surface area contributed by atoms with E-state index in [1.54, 1.807) is 0 Å². The summed E-state index contributed by atoms with van der Waals surface area (Å²) in [7, 11) is 0. The Bertz CT molecular complexity index is 664. The molecule has 1 aromatic rings. The van der Waals surface area contributed by atoms with Gasteiger partial charge in [0.1, 0.15) is 0 Å². The average Bonchev–Trinajstić information content (AvgIpc) is 3.29. The fourth-order valence-corrected chi connectivity index (χ4v) is 5.10. The molecule has 3 aliphatic heterocycles. The van der Waals surface area contributed by atoms with Gasteiger partial charge in [0.15, 0.2) is 0 Å². The van der Waals surface area contributed by atoms with Crippen LogP contribution in [0.5, 0.6) is 0 Å². The lowest BCUT2D eigenvalue weighted by molar-refractivity contribution is -0.136. The SMILES string of the molecule is O=C(Cc1ccccc1)N1CCC(N2CCCC(C(=O)N3CCCC3)C2)CC1.